The number of benzene rings is 1. The molecule has 0 aliphatic carbocycles. The summed E-state index contributed by atoms with van der Waals surface area (Å²) in [5.41, 5.74) is 8.44. The Balaban J connectivity index is 1.72. The zero-order valence-corrected chi connectivity index (χ0v) is 10.9. The van der Waals surface area contributed by atoms with E-state index in [0.29, 0.717) is 0 Å². The Hall–Kier alpha value is -1.65. The quantitative estimate of drug-likeness (QED) is 0.916. The van der Waals surface area contributed by atoms with Crippen molar-refractivity contribution < 1.29 is 4.74 Å². The average Bonchev–Trinajstić information content (AvgIpc) is 2.89. The minimum Gasteiger partial charge on any atom is -0.372 e. The lowest BCUT2D eigenvalue weighted by Crippen LogP contribution is -2.34. The van der Waals surface area contributed by atoms with Gasteiger partial charge in [-0.25, -0.2) is 0 Å². The maximum atomic E-state index is 6.11. The molecule has 2 unspecified atom stereocenters. The fraction of sp³-hybridized carbons (Fsp3) is 0.400. The van der Waals surface area contributed by atoms with Crippen molar-refractivity contribution in [3.05, 3.63) is 53.9 Å². The van der Waals surface area contributed by atoms with E-state index in [9.17, 15) is 0 Å². The molecule has 0 bridgehead atoms. The van der Waals surface area contributed by atoms with Crippen LogP contribution in [-0.2, 0) is 11.3 Å². The van der Waals surface area contributed by atoms with Crippen molar-refractivity contribution in [3.63, 3.8) is 0 Å². The van der Waals surface area contributed by atoms with Gasteiger partial charge in [0.25, 0.3) is 0 Å². The molecule has 3 rings (SSSR count). The SMILES string of the molecule is NC1CCCOC1c1cnn(Cc2ccccc2)c1. The summed E-state index contributed by atoms with van der Waals surface area (Å²) in [5.74, 6) is 0. The molecule has 0 saturated carbocycles. The summed E-state index contributed by atoms with van der Waals surface area (Å²) < 4.78 is 7.70. The number of nitrogens with two attached hydrogens (primary N) is 1. The summed E-state index contributed by atoms with van der Waals surface area (Å²) in [5, 5.41) is 4.40. The second-order valence-electron chi connectivity index (χ2n) is 5.05. The number of ether oxygens (including phenoxy) is 1. The van der Waals surface area contributed by atoms with Gasteiger partial charge in [0.2, 0.25) is 0 Å². The zero-order valence-electron chi connectivity index (χ0n) is 10.9. The summed E-state index contributed by atoms with van der Waals surface area (Å²) in [6, 6.07) is 10.4. The van der Waals surface area contributed by atoms with Crippen LogP contribution in [0.3, 0.4) is 0 Å². The van der Waals surface area contributed by atoms with Crippen molar-refractivity contribution in [2.75, 3.05) is 6.61 Å². The zero-order chi connectivity index (χ0) is 13.1. The first kappa shape index (κ1) is 12.4. The van der Waals surface area contributed by atoms with Gasteiger partial charge in [0.15, 0.2) is 0 Å². The molecular weight excluding hydrogens is 238 g/mol. The van der Waals surface area contributed by atoms with Crippen molar-refractivity contribution in [3.8, 4) is 0 Å². The maximum absolute atomic E-state index is 6.11. The van der Waals surface area contributed by atoms with Crippen LogP contribution in [-0.4, -0.2) is 22.4 Å². The van der Waals surface area contributed by atoms with Gasteiger partial charge in [0, 0.05) is 24.4 Å². The van der Waals surface area contributed by atoms with Crippen molar-refractivity contribution >= 4 is 0 Å². The Morgan fingerprint density at radius 2 is 2.16 bits per heavy atom. The molecule has 2 aromatic rings. The van der Waals surface area contributed by atoms with Crippen LogP contribution in [0, 0.1) is 0 Å². The minimum absolute atomic E-state index is 0.00160. The van der Waals surface area contributed by atoms with Crippen LogP contribution < -0.4 is 5.73 Å². The van der Waals surface area contributed by atoms with Gasteiger partial charge in [0.05, 0.1) is 12.7 Å². The molecule has 1 saturated heterocycles. The van der Waals surface area contributed by atoms with Crippen molar-refractivity contribution in [1.29, 1.82) is 0 Å². The molecule has 2 N–H and O–H groups in total. The van der Waals surface area contributed by atoms with E-state index in [1.807, 2.05) is 35.3 Å². The largest absolute Gasteiger partial charge is 0.372 e. The van der Waals surface area contributed by atoms with Gasteiger partial charge < -0.3 is 10.5 Å². The lowest BCUT2D eigenvalue weighted by Gasteiger charge is -2.28. The van der Waals surface area contributed by atoms with E-state index < -0.39 is 0 Å². The Kier molecular flexibility index (Phi) is 3.62. The van der Waals surface area contributed by atoms with Crippen molar-refractivity contribution in [1.82, 2.24) is 9.78 Å². The third-order valence-corrected chi connectivity index (χ3v) is 3.54. The van der Waals surface area contributed by atoms with Gasteiger partial charge in [-0.3, -0.25) is 4.68 Å². The fourth-order valence-electron chi connectivity index (χ4n) is 2.53. The number of hydrogen-bond donors (Lipinski definition) is 1. The number of nitrogens with zero attached hydrogens (tertiary/aromatic N) is 2. The first-order valence-corrected chi connectivity index (χ1v) is 6.76. The van der Waals surface area contributed by atoms with Crippen LogP contribution in [0.15, 0.2) is 42.7 Å². The average molecular weight is 257 g/mol. The molecule has 1 aliphatic rings. The number of hydrogen-bond acceptors (Lipinski definition) is 3. The Morgan fingerprint density at radius 1 is 1.32 bits per heavy atom. The lowest BCUT2D eigenvalue weighted by molar-refractivity contribution is 0.0000982. The van der Waals surface area contributed by atoms with E-state index in [4.69, 9.17) is 10.5 Å². The summed E-state index contributed by atoms with van der Waals surface area (Å²) >= 11 is 0. The van der Waals surface area contributed by atoms with Gasteiger partial charge in [-0.2, -0.15) is 5.10 Å². The monoisotopic (exact) mass is 257 g/mol. The van der Waals surface area contributed by atoms with Crippen molar-refractivity contribution in [2.45, 2.75) is 31.5 Å². The molecule has 1 aliphatic heterocycles. The minimum atomic E-state index is -0.00160. The smallest absolute Gasteiger partial charge is 0.101 e. The van der Waals surface area contributed by atoms with Crippen LogP contribution >= 0.6 is 0 Å². The van der Waals surface area contributed by atoms with Crippen LogP contribution in [0.1, 0.15) is 30.1 Å². The molecule has 0 spiro atoms. The second kappa shape index (κ2) is 5.55. The molecule has 1 aromatic heterocycles. The lowest BCUT2D eigenvalue weighted by atomic mass is 9.99. The van der Waals surface area contributed by atoms with Crippen LogP contribution in [0.2, 0.25) is 0 Å². The molecular formula is C15H19N3O. The third-order valence-electron chi connectivity index (χ3n) is 3.54. The van der Waals surface area contributed by atoms with Crippen molar-refractivity contribution in [2.24, 2.45) is 5.73 Å². The van der Waals surface area contributed by atoms with Gasteiger partial charge in [0.1, 0.15) is 6.10 Å². The number of aromatic nitrogens is 2. The summed E-state index contributed by atoms with van der Waals surface area (Å²) in [6.07, 6.45) is 5.99. The van der Waals surface area contributed by atoms with Gasteiger partial charge in [-0.1, -0.05) is 30.3 Å². The highest BCUT2D eigenvalue weighted by atomic mass is 16.5. The van der Waals surface area contributed by atoms with E-state index in [1.54, 1.807) is 0 Å². The standard InChI is InChI=1S/C15H19N3O/c16-14-7-4-8-19-15(14)13-9-17-18(11-13)10-12-5-2-1-3-6-12/h1-3,5-6,9,11,14-15H,4,7-8,10,16H2. The first-order chi connectivity index (χ1) is 9.33. The Bertz CT molecular complexity index is 523. The van der Waals surface area contributed by atoms with Gasteiger partial charge in [-0.15, -0.1) is 0 Å². The van der Waals surface area contributed by atoms with Crippen LogP contribution in [0.4, 0.5) is 0 Å². The molecule has 0 radical (unpaired) electrons. The molecule has 0 amide bonds. The predicted molar refractivity (Wildman–Crippen MR) is 73.7 cm³/mol. The van der Waals surface area contributed by atoms with E-state index in [-0.39, 0.29) is 12.1 Å². The molecule has 19 heavy (non-hydrogen) atoms. The number of rotatable bonds is 3. The molecule has 1 fully saturated rings. The molecule has 2 heterocycles. The highest BCUT2D eigenvalue weighted by Gasteiger charge is 2.25. The molecule has 100 valence electrons. The summed E-state index contributed by atoms with van der Waals surface area (Å²) in [6.45, 7) is 1.57. The second-order valence-corrected chi connectivity index (χ2v) is 5.05. The molecule has 2 atom stereocenters. The highest BCUT2D eigenvalue weighted by molar-refractivity contribution is 5.17. The summed E-state index contributed by atoms with van der Waals surface area (Å²) in [4.78, 5) is 0. The molecule has 4 nitrogen and oxygen atoms in total. The normalized spacial score (nSPS) is 23.4. The molecule has 4 heteroatoms. The van der Waals surface area contributed by atoms with Crippen LogP contribution in [0.25, 0.3) is 0 Å². The maximum Gasteiger partial charge on any atom is 0.101 e. The van der Waals surface area contributed by atoms with Gasteiger partial charge in [-0.05, 0) is 18.4 Å². The van der Waals surface area contributed by atoms with Crippen LogP contribution in [0.5, 0.6) is 0 Å². The third kappa shape index (κ3) is 2.85. The van der Waals surface area contributed by atoms with E-state index in [1.165, 1.54) is 5.56 Å². The predicted octanol–water partition coefficient (Wildman–Crippen LogP) is 2.11. The fourth-order valence-corrected chi connectivity index (χ4v) is 2.53. The van der Waals surface area contributed by atoms with E-state index in [2.05, 4.69) is 17.2 Å². The molecule has 1 aromatic carbocycles. The summed E-state index contributed by atoms with van der Waals surface area (Å²) in [7, 11) is 0. The Morgan fingerprint density at radius 3 is 2.95 bits per heavy atom. The van der Waals surface area contributed by atoms with Gasteiger partial charge >= 0.3 is 0 Å². The topological polar surface area (TPSA) is 53.1 Å². The first-order valence-electron chi connectivity index (χ1n) is 6.76. The Labute approximate surface area is 113 Å². The van der Waals surface area contributed by atoms with E-state index in [0.717, 1.165) is 31.6 Å². The van der Waals surface area contributed by atoms with E-state index >= 15 is 0 Å². The highest BCUT2D eigenvalue weighted by Crippen LogP contribution is 2.26.